The number of allylic oxidation sites excluding steroid dienone is 1. The van der Waals surface area contributed by atoms with Crippen LogP contribution >= 0.6 is 11.8 Å². The minimum absolute atomic E-state index is 0.0836. The topological polar surface area (TPSA) is 82.5 Å². The van der Waals surface area contributed by atoms with Crippen LogP contribution in [-0.4, -0.2) is 29.9 Å². The lowest BCUT2D eigenvalue weighted by atomic mass is 10.1. The third kappa shape index (κ3) is 4.12. The van der Waals surface area contributed by atoms with Crippen molar-refractivity contribution in [3.05, 3.63) is 72.9 Å². The van der Waals surface area contributed by atoms with Crippen molar-refractivity contribution in [2.75, 3.05) is 0 Å². The fourth-order valence-corrected chi connectivity index (χ4v) is 3.69. The molecule has 0 aliphatic heterocycles. The zero-order valence-electron chi connectivity index (χ0n) is 16.2. The summed E-state index contributed by atoms with van der Waals surface area (Å²) in [6.45, 7) is 8.50. The van der Waals surface area contributed by atoms with Crippen LogP contribution in [0.15, 0.2) is 71.0 Å². The Bertz CT molecular complexity index is 1100. The number of aromatic nitrogens is 6. The second-order valence-electron chi connectivity index (χ2n) is 6.51. The lowest BCUT2D eigenvalue weighted by molar-refractivity contribution is 0.508. The van der Waals surface area contributed by atoms with Gasteiger partial charge in [-0.2, -0.15) is 0 Å². The standard InChI is InChI=1S/C21H20N6OS/c1-4-13-27-18(16-9-11-22-12-10-16)23-26-21(27)29-15(3)19-24-25-20(28-19)17-7-5-14(2)6-8-17/h4-12,15H,1,13H2,2-3H3/t15-/m0/s1. The molecule has 0 N–H and O–H groups in total. The Morgan fingerprint density at radius 2 is 1.79 bits per heavy atom. The molecule has 0 spiro atoms. The van der Waals surface area contributed by atoms with Crippen LogP contribution in [0.5, 0.6) is 0 Å². The molecular weight excluding hydrogens is 384 g/mol. The van der Waals surface area contributed by atoms with E-state index in [1.54, 1.807) is 12.4 Å². The van der Waals surface area contributed by atoms with Gasteiger partial charge in [0.15, 0.2) is 11.0 Å². The molecular formula is C21H20N6OS. The van der Waals surface area contributed by atoms with Gasteiger partial charge in [-0.05, 0) is 38.1 Å². The predicted molar refractivity (Wildman–Crippen MR) is 112 cm³/mol. The average Bonchev–Trinajstić information content (AvgIpc) is 3.38. The first-order valence-electron chi connectivity index (χ1n) is 9.17. The van der Waals surface area contributed by atoms with Crippen molar-refractivity contribution in [2.24, 2.45) is 0 Å². The first-order valence-corrected chi connectivity index (χ1v) is 10.0. The van der Waals surface area contributed by atoms with Gasteiger partial charge in [0, 0.05) is 30.1 Å². The van der Waals surface area contributed by atoms with Crippen molar-refractivity contribution in [1.29, 1.82) is 0 Å². The maximum atomic E-state index is 5.91. The smallest absolute Gasteiger partial charge is 0.247 e. The van der Waals surface area contributed by atoms with Crippen molar-refractivity contribution in [3.8, 4) is 22.8 Å². The molecule has 3 heterocycles. The molecule has 0 aliphatic rings. The molecule has 0 bridgehead atoms. The van der Waals surface area contributed by atoms with Crippen molar-refractivity contribution in [1.82, 2.24) is 29.9 Å². The minimum atomic E-state index is -0.0836. The lowest BCUT2D eigenvalue weighted by Crippen LogP contribution is -2.02. The van der Waals surface area contributed by atoms with Crippen LogP contribution in [0.3, 0.4) is 0 Å². The van der Waals surface area contributed by atoms with Crippen LogP contribution in [0.1, 0.15) is 23.6 Å². The van der Waals surface area contributed by atoms with E-state index < -0.39 is 0 Å². The molecule has 0 amide bonds. The Morgan fingerprint density at radius 3 is 2.52 bits per heavy atom. The van der Waals surface area contributed by atoms with E-state index in [9.17, 15) is 0 Å². The maximum absolute atomic E-state index is 5.91. The summed E-state index contributed by atoms with van der Waals surface area (Å²) in [5, 5.41) is 17.8. The molecule has 7 nitrogen and oxygen atoms in total. The highest BCUT2D eigenvalue weighted by Crippen LogP contribution is 2.35. The fourth-order valence-electron chi connectivity index (χ4n) is 2.80. The fraction of sp³-hybridized carbons (Fsp3) is 0.190. The molecule has 8 heteroatoms. The second-order valence-corrected chi connectivity index (χ2v) is 7.82. The SMILES string of the molecule is C=CCn1c(S[C@@H](C)c2nnc(-c3ccc(C)cc3)o2)nnc1-c1ccncc1. The van der Waals surface area contributed by atoms with E-state index in [1.165, 1.54) is 17.3 Å². The van der Waals surface area contributed by atoms with E-state index in [4.69, 9.17) is 4.42 Å². The summed E-state index contributed by atoms with van der Waals surface area (Å²) >= 11 is 1.52. The normalized spacial score (nSPS) is 12.1. The van der Waals surface area contributed by atoms with E-state index in [-0.39, 0.29) is 5.25 Å². The highest BCUT2D eigenvalue weighted by atomic mass is 32.2. The van der Waals surface area contributed by atoms with Crippen LogP contribution in [0.4, 0.5) is 0 Å². The van der Waals surface area contributed by atoms with Crippen LogP contribution in [0, 0.1) is 6.92 Å². The third-order valence-corrected chi connectivity index (χ3v) is 5.40. The molecule has 0 fully saturated rings. The van der Waals surface area contributed by atoms with E-state index >= 15 is 0 Å². The zero-order chi connectivity index (χ0) is 20.2. The van der Waals surface area contributed by atoms with E-state index in [0.29, 0.717) is 18.3 Å². The van der Waals surface area contributed by atoms with Crippen LogP contribution in [-0.2, 0) is 6.54 Å². The van der Waals surface area contributed by atoms with Crippen LogP contribution in [0.25, 0.3) is 22.8 Å². The molecule has 0 unspecified atom stereocenters. The van der Waals surface area contributed by atoms with Crippen molar-refractivity contribution in [3.63, 3.8) is 0 Å². The number of hydrogen-bond acceptors (Lipinski definition) is 7. The maximum Gasteiger partial charge on any atom is 0.247 e. The number of nitrogens with zero attached hydrogens (tertiary/aromatic N) is 6. The molecule has 0 saturated carbocycles. The summed E-state index contributed by atoms with van der Waals surface area (Å²) in [5.41, 5.74) is 3.04. The summed E-state index contributed by atoms with van der Waals surface area (Å²) < 4.78 is 7.92. The monoisotopic (exact) mass is 404 g/mol. The molecule has 0 radical (unpaired) electrons. The summed E-state index contributed by atoms with van der Waals surface area (Å²) in [6.07, 6.45) is 5.30. The summed E-state index contributed by atoms with van der Waals surface area (Å²) in [4.78, 5) is 4.06. The Hall–Kier alpha value is -3.26. The number of aryl methyl sites for hydroxylation is 1. The highest BCUT2D eigenvalue weighted by Gasteiger charge is 2.21. The van der Waals surface area contributed by atoms with Gasteiger partial charge in [-0.15, -0.1) is 27.0 Å². The Kier molecular flexibility index (Phi) is 5.53. The van der Waals surface area contributed by atoms with Gasteiger partial charge in [-0.3, -0.25) is 9.55 Å². The zero-order valence-corrected chi connectivity index (χ0v) is 17.0. The number of pyridine rings is 1. The molecule has 0 aliphatic carbocycles. The van der Waals surface area contributed by atoms with Gasteiger partial charge < -0.3 is 4.42 Å². The quantitative estimate of drug-likeness (QED) is 0.325. The third-order valence-electron chi connectivity index (χ3n) is 4.34. The Balaban J connectivity index is 1.57. The molecule has 4 aromatic rings. The summed E-state index contributed by atoms with van der Waals surface area (Å²) in [6, 6.07) is 11.8. The van der Waals surface area contributed by atoms with Gasteiger partial charge in [0.2, 0.25) is 11.8 Å². The molecule has 146 valence electrons. The molecule has 29 heavy (non-hydrogen) atoms. The first kappa shape index (κ1) is 19.1. The Labute approximate surface area is 172 Å². The van der Waals surface area contributed by atoms with Gasteiger partial charge in [0.1, 0.15) is 0 Å². The summed E-state index contributed by atoms with van der Waals surface area (Å²) in [5.74, 6) is 1.83. The highest BCUT2D eigenvalue weighted by molar-refractivity contribution is 7.99. The molecule has 1 atom stereocenters. The number of rotatable bonds is 7. The predicted octanol–water partition coefficient (Wildman–Crippen LogP) is 4.74. The molecule has 3 aromatic heterocycles. The van der Waals surface area contributed by atoms with Crippen LogP contribution < -0.4 is 0 Å². The number of benzene rings is 1. The van der Waals surface area contributed by atoms with E-state index in [2.05, 4.69) is 32.0 Å². The second kappa shape index (κ2) is 8.40. The molecule has 1 aromatic carbocycles. The lowest BCUT2D eigenvalue weighted by Gasteiger charge is -2.09. The largest absolute Gasteiger partial charge is 0.419 e. The van der Waals surface area contributed by atoms with Gasteiger partial charge in [0.05, 0.1) is 5.25 Å². The molecule has 4 rings (SSSR count). The number of hydrogen-bond donors (Lipinski definition) is 0. The van der Waals surface area contributed by atoms with Crippen molar-refractivity contribution >= 4 is 11.8 Å². The summed E-state index contributed by atoms with van der Waals surface area (Å²) in [7, 11) is 0. The van der Waals surface area contributed by atoms with Crippen molar-refractivity contribution in [2.45, 2.75) is 30.8 Å². The van der Waals surface area contributed by atoms with Gasteiger partial charge >= 0.3 is 0 Å². The van der Waals surface area contributed by atoms with Crippen molar-refractivity contribution < 1.29 is 4.42 Å². The van der Waals surface area contributed by atoms with Gasteiger partial charge in [0.25, 0.3) is 0 Å². The van der Waals surface area contributed by atoms with E-state index in [1.807, 2.05) is 60.9 Å². The number of thioether (sulfide) groups is 1. The van der Waals surface area contributed by atoms with Crippen LogP contribution in [0.2, 0.25) is 0 Å². The average molecular weight is 404 g/mol. The van der Waals surface area contributed by atoms with Gasteiger partial charge in [-0.25, -0.2) is 0 Å². The Morgan fingerprint density at radius 1 is 1.03 bits per heavy atom. The first-order chi connectivity index (χ1) is 14.2. The van der Waals surface area contributed by atoms with Gasteiger partial charge in [-0.1, -0.05) is 35.5 Å². The molecule has 0 saturated heterocycles. The van der Waals surface area contributed by atoms with E-state index in [0.717, 1.165) is 22.1 Å². The minimum Gasteiger partial charge on any atom is -0.419 e.